The lowest BCUT2D eigenvalue weighted by atomic mass is 9.71. The highest BCUT2D eigenvalue weighted by molar-refractivity contribution is 5.86. The Labute approximate surface area is 168 Å². The first kappa shape index (κ1) is 22.7. The molecule has 0 radical (unpaired) electrons. The molecule has 2 fully saturated rings. The summed E-state index contributed by atoms with van der Waals surface area (Å²) in [5.74, 6) is 0.536. The number of carbonyl (C=O) groups is 2. The maximum absolute atomic E-state index is 13.0. The van der Waals surface area contributed by atoms with Gasteiger partial charge in [-0.05, 0) is 52.9 Å². The fourth-order valence-corrected chi connectivity index (χ4v) is 3.87. The van der Waals surface area contributed by atoms with Crippen molar-refractivity contribution < 1.29 is 23.9 Å². The first-order chi connectivity index (χ1) is 13.0. The molecular weight excluding hydrogens is 360 g/mol. The van der Waals surface area contributed by atoms with Crippen molar-refractivity contribution in [1.82, 2.24) is 9.96 Å². The van der Waals surface area contributed by atoms with Crippen LogP contribution in [-0.4, -0.2) is 60.1 Å². The van der Waals surface area contributed by atoms with Gasteiger partial charge in [0, 0.05) is 13.1 Å². The van der Waals surface area contributed by atoms with Gasteiger partial charge in [0.2, 0.25) is 0 Å². The topological polar surface area (TPSA) is 68.3 Å². The highest BCUT2D eigenvalue weighted by Crippen LogP contribution is 2.43. The predicted octanol–water partition coefficient (Wildman–Crippen LogP) is 3.74. The summed E-state index contributed by atoms with van der Waals surface area (Å²) in [5.41, 5.74) is -1.28. The van der Waals surface area contributed by atoms with Crippen LogP contribution in [0.15, 0.2) is 12.2 Å². The monoisotopic (exact) mass is 396 g/mol. The Balaban J connectivity index is 2.18. The van der Waals surface area contributed by atoms with Gasteiger partial charge < -0.3 is 9.47 Å². The molecule has 2 aliphatic rings. The molecule has 0 unspecified atom stereocenters. The van der Waals surface area contributed by atoms with E-state index in [0.717, 1.165) is 12.8 Å². The van der Waals surface area contributed by atoms with E-state index in [4.69, 9.17) is 14.3 Å². The first-order valence-electron chi connectivity index (χ1n) is 10.1. The molecule has 2 rings (SSSR count). The van der Waals surface area contributed by atoms with E-state index >= 15 is 0 Å². The molecule has 0 bridgehead atoms. The minimum absolute atomic E-state index is 0.0740. The molecule has 7 nitrogen and oxygen atoms in total. The molecule has 1 aliphatic carbocycles. The molecular formula is C21H36N2O5. The highest BCUT2D eigenvalue weighted by Gasteiger charge is 2.50. The molecule has 0 aromatic carbocycles. The lowest BCUT2D eigenvalue weighted by molar-refractivity contribution is -0.162. The molecule has 1 saturated heterocycles. The SMILES string of the molecule is CON(C)C(=O)C=CC[C@@H](C1CCC1)[C@@H]1COC(C)(C)N1C(=O)OC(C)(C)C. The molecule has 0 N–H and O–H groups in total. The molecule has 2 atom stereocenters. The van der Waals surface area contributed by atoms with Gasteiger partial charge in [-0.1, -0.05) is 25.3 Å². The number of hydrogen-bond donors (Lipinski definition) is 0. The van der Waals surface area contributed by atoms with Gasteiger partial charge in [0.05, 0.1) is 19.8 Å². The van der Waals surface area contributed by atoms with Crippen molar-refractivity contribution in [2.45, 2.75) is 77.7 Å². The Bertz CT molecular complexity index is 592. The number of hydroxylamine groups is 2. The van der Waals surface area contributed by atoms with E-state index in [0.29, 0.717) is 18.9 Å². The summed E-state index contributed by atoms with van der Waals surface area (Å²) in [6.07, 6.45) is 7.28. The maximum atomic E-state index is 13.0. The minimum atomic E-state index is -0.717. The Morgan fingerprint density at radius 2 is 1.96 bits per heavy atom. The van der Waals surface area contributed by atoms with Gasteiger partial charge in [0.15, 0.2) is 0 Å². The zero-order valence-electron chi connectivity index (χ0n) is 18.4. The molecule has 1 aliphatic heterocycles. The van der Waals surface area contributed by atoms with Crippen molar-refractivity contribution >= 4 is 12.0 Å². The number of rotatable bonds is 6. The van der Waals surface area contributed by atoms with Crippen molar-refractivity contribution in [3.05, 3.63) is 12.2 Å². The van der Waals surface area contributed by atoms with E-state index in [1.807, 2.05) is 40.7 Å². The second-order valence-corrected chi connectivity index (χ2v) is 9.19. The van der Waals surface area contributed by atoms with E-state index in [9.17, 15) is 9.59 Å². The molecule has 1 saturated carbocycles. The average molecular weight is 397 g/mol. The molecule has 7 heteroatoms. The number of hydrogen-bond acceptors (Lipinski definition) is 5. The van der Waals surface area contributed by atoms with Gasteiger partial charge in [-0.3, -0.25) is 14.5 Å². The summed E-state index contributed by atoms with van der Waals surface area (Å²) in [5, 5.41) is 1.18. The van der Waals surface area contributed by atoms with Gasteiger partial charge in [0.1, 0.15) is 11.3 Å². The first-order valence-corrected chi connectivity index (χ1v) is 10.1. The molecule has 28 heavy (non-hydrogen) atoms. The summed E-state index contributed by atoms with van der Waals surface area (Å²) in [7, 11) is 3.03. The van der Waals surface area contributed by atoms with Crippen molar-refractivity contribution in [2.75, 3.05) is 20.8 Å². The summed E-state index contributed by atoms with van der Waals surface area (Å²) in [6, 6.07) is -0.0740. The van der Waals surface area contributed by atoms with Crippen molar-refractivity contribution in [2.24, 2.45) is 11.8 Å². The minimum Gasteiger partial charge on any atom is -0.444 e. The maximum Gasteiger partial charge on any atom is 0.412 e. The van der Waals surface area contributed by atoms with Crippen LogP contribution in [0.2, 0.25) is 0 Å². The quantitative estimate of drug-likeness (QED) is 0.505. The number of allylic oxidation sites excluding steroid dienone is 1. The number of amides is 2. The van der Waals surface area contributed by atoms with Crippen molar-refractivity contribution in [1.29, 1.82) is 0 Å². The Morgan fingerprint density at radius 3 is 2.46 bits per heavy atom. The van der Waals surface area contributed by atoms with Crippen LogP contribution >= 0.6 is 0 Å². The van der Waals surface area contributed by atoms with E-state index in [1.54, 1.807) is 11.9 Å². The second-order valence-electron chi connectivity index (χ2n) is 9.19. The van der Waals surface area contributed by atoms with Crippen LogP contribution in [0.3, 0.4) is 0 Å². The standard InChI is InChI=1S/C21H36N2O5/c1-20(2,3)28-19(25)23-17(14-27-21(23,4)5)16(15-10-8-11-15)12-9-13-18(24)22(6)26-7/h9,13,15-17H,8,10-12,14H2,1-7H3/t16-,17-/m0/s1. The highest BCUT2D eigenvalue weighted by atomic mass is 16.7. The van der Waals surface area contributed by atoms with Crippen LogP contribution < -0.4 is 0 Å². The lowest BCUT2D eigenvalue weighted by Gasteiger charge is -2.42. The van der Waals surface area contributed by atoms with Crippen LogP contribution in [0, 0.1) is 11.8 Å². The fourth-order valence-electron chi connectivity index (χ4n) is 3.87. The Hall–Kier alpha value is -1.60. The number of likely N-dealkylation sites (N-methyl/N-ethyl adjacent to an activating group) is 1. The Kier molecular flexibility index (Phi) is 7.15. The number of carbonyl (C=O) groups excluding carboxylic acids is 2. The van der Waals surface area contributed by atoms with Crippen LogP contribution in [0.25, 0.3) is 0 Å². The molecule has 1 heterocycles. The van der Waals surface area contributed by atoms with Gasteiger partial charge in [-0.15, -0.1) is 0 Å². The predicted molar refractivity (Wildman–Crippen MR) is 106 cm³/mol. The van der Waals surface area contributed by atoms with E-state index in [2.05, 4.69) is 0 Å². The van der Waals surface area contributed by atoms with Crippen LogP contribution in [0.5, 0.6) is 0 Å². The smallest absolute Gasteiger partial charge is 0.412 e. The lowest BCUT2D eigenvalue weighted by Crippen LogP contribution is -2.53. The zero-order valence-corrected chi connectivity index (χ0v) is 18.4. The summed E-state index contributed by atoms with van der Waals surface area (Å²) >= 11 is 0. The fraction of sp³-hybridized carbons (Fsp3) is 0.810. The van der Waals surface area contributed by atoms with Gasteiger partial charge in [-0.25, -0.2) is 9.86 Å². The summed E-state index contributed by atoms with van der Waals surface area (Å²) in [4.78, 5) is 31.6. The number of ether oxygens (including phenoxy) is 2. The van der Waals surface area contributed by atoms with E-state index in [1.165, 1.54) is 24.7 Å². The van der Waals surface area contributed by atoms with Crippen molar-refractivity contribution in [3.63, 3.8) is 0 Å². The third-order valence-corrected chi connectivity index (χ3v) is 5.61. The Morgan fingerprint density at radius 1 is 1.32 bits per heavy atom. The normalized spacial score (nSPS) is 23.5. The van der Waals surface area contributed by atoms with Gasteiger partial charge >= 0.3 is 6.09 Å². The molecule has 160 valence electrons. The summed E-state index contributed by atoms with van der Waals surface area (Å²) < 4.78 is 11.7. The molecule has 2 amide bonds. The third kappa shape index (κ3) is 5.47. The van der Waals surface area contributed by atoms with Crippen LogP contribution in [0.1, 0.15) is 60.3 Å². The molecule has 0 spiro atoms. The van der Waals surface area contributed by atoms with Crippen molar-refractivity contribution in [3.8, 4) is 0 Å². The third-order valence-electron chi connectivity index (χ3n) is 5.61. The number of nitrogens with zero attached hydrogens (tertiary/aromatic N) is 2. The van der Waals surface area contributed by atoms with Crippen LogP contribution in [0.4, 0.5) is 4.79 Å². The molecule has 0 aromatic heterocycles. The van der Waals surface area contributed by atoms with Crippen LogP contribution in [-0.2, 0) is 19.1 Å². The molecule has 0 aromatic rings. The zero-order chi connectivity index (χ0) is 21.1. The van der Waals surface area contributed by atoms with Gasteiger partial charge in [-0.2, -0.15) is 0 Å². The largest absolute Gasteiger partial charge is 0.444 e. The second kappa shape index (κ2) is 8.82. The summed E-state index contributed by atoms with van der Waals surface area (Å²) in [6.45, 7) is 9.90. The van der Waals surface area contributed by atoms with E-state index in [-0.39, 0.29) is 24.0 Å². The van der Waals surface area contributed by atoms with E-state index < -0.39 is 11.3 Å². The average Bonchev–Trinajstić information content (AvgIpc) is 2.84. The van der Waals surface area contributed by atoms with Gasteiger partial charge in [0.25, 0.3) is 5.91 Å².